The molecule has 5 nitrogen and oxygen atoms in total. The topological polar surface area (TPSA) is 78.6 Å². The molecule has 3 aromatic carbocycles. The third-order valence-electron chi connectivity index (χ3n) is 5.31. The van der Waals surface area contributed by atoms with Gasteiger partial charge in [-0.1, -0.05) is 24.3 Å². The summed E-state index contributed by atoms with van der Waals surface area (Å²) in [5.41, 5.74) is 5.25. The Hall–Kier alpha value is -3.09. The predicted octanol–water partition coefficient (Wildman–Crippen LogP) is 3.77. The minimum atomic E-state index is -3.74. The van der Waals surface area contributed by atoms with Crippen LogP contribution in [0, 0.1) is 0 Å². The van der Waals surface area contributed by atoms with Gasteiger partial charge in [0, 0.05) is 24.0 Å². The molecule has 2 aliphatic rings. The number of allylic oxidation sites excluding steroid dienone is 1. The third kappa shape index (κ3) is 3.30. The maximum Gasteiger partial charge on any atom is 0.238 e. The molecule has 0 saturated heterocycles. The van der Waals surface area contributed by atoms with Crippen molar-refractivity contribution in [1.82, 2.24) is 0 Å². The number of rotatable bonds is 3. The van der Waals surface area contributed by atoms with E-state index in [4.69, 9.17) is 14.6 Å². The number of para-hydroxylation sites is 1. The lowest BCUT2D eigenvalue weighted by atomic mass is 9.91. The highest BCUT2D eigenvalue weighted by Crippen LogP contribution is 2.40. The first-order chi connectivity index (χ1) is 14.0. The molecule has 29 heavy (non-hydrogen) atoms. The third-order valence-corrected chi connectivity index (χ3v) is 6.24. The zero-order valence-corrected chi connectivity index (χ0v) is 16.4. The van der Waals surface area contributed by atoms with Crippen molar-refractivity contribution in [2.45, 2.75) is 17.7 Å². The van der Waals surface area contributed by atoms with Crippen molar-refractivity contribution in [3.05, 3.63) is 89.0 Å². The molecule has 3 aromatic rings. The zero-order chi connectivity index (χ0) is 20.0. The quantitative estimate of drug-likeness (QED) is 0.719. The molecule has 146 valence electrons. The summed E-state index contributed by atoms with van der Waals surface area (Å²) in [7, 11) is -3.74. The van der Waals surface area contributed by atoms with Crippen LogP contribution in [0.1, 0.15) is 22.3 Å². The van der Waals surface area contributed by atoms with Gasteiger partial charge in [-0.15, -0.1) is 0 Å². The van der Waals surface area contributed by atoms with Crippen LogP contribution in [0.5, 0.6) is 11.5 Å². The number of sulfonamides is 1. The summed E-state index contributed by atoms with van der Waals surface area (Å²) in [5.74, 6) is 2.47. The van der Waals surface area contributed by atoms with Crippen LogP contribution in [-0.2, 0) is 22.9 Å². The van der Waals surface area contributed by atoms with Gasteiger partial charge in [0.15, 0.2) is 0 Å². The Bertz CT molecular complexity index is 1240. The summed E-state index contributed by atoms with van der Waals surface area (Å²) >= 11 is 0. The van der Waals surface area contributed by atoms with Gasteiger partial charge < -0.3 is 9.47 Å². The SMILES string of the molecule is NS(=O)(=O)c1ccc(C2=C(c3ccc4c(c3)CCO4)Cc3ccccc3O2)cc1. The van der Waals surface area contributed by atoms with Gasteiger partial charge in [-0.25, -0.2) is 13.6 Å². The molecular formula is C23H19NO4S. The van der Waals surface area contributed by atoms with Crippen molar-refractivity contribution >= 4 is 21.4 Å². The summed E-state index contributed by atoms with van der Waals surface area (Å²) in [6.45, 7) is 0.707. The molecule has 2 N–H and O–H groups in total. The van der Waals surface area contributed by atoms with E-state index in [2.05, 4.69) is 18.2 Å². The number of ether oxygens (including phenoxy) is 2. The van der Waals surface area contributed by atoms with Crippen molar-refractivity contribution in [3.8, 4) is 11.5 Å². The lowest BCUT2D eigenvalue weighted by Crippen LogP contribution is -2.13. The molecule has 0 saturated carbocycles. The molecule has 0 radical (unpaired) electrons. The fraction of sp³-hybridized carbons (Fsp3) is 0.130. The Kier molecular flexibility index (Phi) is 4.19. The van der Waals surface area contributed by atoms with Crippen LogP contribution in [0.25, 0.3) is 11.3 Å². The van der Waals surface area contributed by atoms with Crippen molar-refractivity contribution in [2.75, 3.05) is 6.61 Å². The second-order valence-electron chi connectivity index (χ2n) is 7.18. The summed E-state index contributed by atoms with van der Waals surface area (Å²) in [6, 6.07) is 20.7. The second kappa shape index (κ2) is 6.76. The normalized spacial score (nSPS) is 15.3. The van der Waals surface area contributed by atoms with Gasteiger partial charge in [0.1, 0.15) is 17.3 Å². The van der Waals surface area contributed by atoms with Gasteiger partial charge in [0.25, 0.3) is 0 Å². The lowest BCUT2D eigenvalue weighted by Gasteiger charge is -2.24. The van der Waals surface area contributed by atoms with E-state index in [9.17, 15) is 8.42 Å². The van der Waals surface area contributed by atoms with Crippen LogP contribution in [0.2, 0.25) is 0 Å². The first-order valence-electron chi connectivity index (χ1n) is 9.37. The number of benzene rings is 3. The number of hydrogen-bond donors (Lipinski definition) is 1. The zero-order valence-electron chi connectivity index (χ0n) is 15.6. The maximum absolute atomic E-state index is 11.6. The molecule has 0 bridgehead atoms. The Labute approximate surface area is 169 Å². The summed E-state index contributed by atoms with van der Waals surface area (Å²) < 4.78 is 35.1. The van der Waals surface area contributed by atoms with Crippen LogP contribution < -0.4 is 14.6 Å². The molecule has 0 aromatic heterocycles. The monoisotopic (exact) mass is 405 g/mol. The molecule has 2 aliphatic heterocycles. The molecule has 0 atom stereocenters. The highest BCUT2D eigenvalue weighted by Gasteiger charge is 2.24. The standard InChI is InChI=1S/C23H19NO4S/c24-29(25,26)19-8-5-15(6-9-19)23-20(14-17-3-1-2-4-22(17)28-23)16-7-10-21-18(13-16)11-12-27-21/h1-10,13H,11-12,14H2,(H2,24,25,26). The van der Waals surface area contributed by atoms with E-state index in [1.807, 2.05) is 24.3 Å². The van der Waals surface area contributed by atoms with Crippen molar-refractivity contribution < 1.29 is 17.9 Å². The summed E-state index contributed by atoms with van der Waals surface area (Å²) in [5, 5.41) is 5.24. The van der Waals surface area contributed by atoms with Crippen molar-refractivity contribution in [3.63, 3.8) is 0 Å². The minimum absolute atomic E-state index is 0.0780. The van der Waals surface area contributed by atoms with E-state index in [1.165, 1.54) is 17.7 Å². The van der Waals surface area contributed by atoms with Crippen LogP contribution in [0.4, 0.5) is 0 Å². The molecule has 0 spiro atoms. The Morgan fingerprint density at radius 1 is 0.828 bits per heavy atom. The van der Waals surface area contributed by atoms with E-state index < -0.39 is 10.0 Å². The van der Waals surface area contributed by atoms with Gasteiger partial charge in [-0.2, -0.15) is 0 Å². The van der Waals surface area contributed by atoms with Gasteiger partial charge in [-0.05, 0) is 59.2 Å². The minimum Gasteiger partial charge on any atom is -0.493 e. The maximum atomic E-state index is 11.6. The molecule has 0 fully saturated rings. The predicted molar refractivity (Wildman–Crippen MR) is 111 cm³/mol. The lowest BCUT2D eigenvalue weighted by molar-refractivity contribution is 0.357. The first-order valence-corrected chi connectivity index (χ1v) is 10.9. The highest BCUT2D eigenvalue weighted by atomic mass is 32.2. The molecule has 2 heterocycles. The number of hydrogen-bond acceptors (Lipinski definition) is 4. The molecule has 0 aliphatic carbocycles. The Morgan fingerprint density at radius 3 is 2.38 bits per heavy atom. The van der Waals surface area contributed by atoms with Crippen LogP contribution in [0.3, 0.4) is 0 Å². The second-order valence-corrected chi connectivity index (χ2v) is 8.75. The smallest absolute Gasteiger partial charge is 0.238 e. The Balaban J connectivity index is 1.65. The van der Waals surface area contributed by atoms with E-state index >= 15 is 0 Å². The molecule has 0 amide bonds. The highest BCUT2D eigenvalue weighted by molar-refractivity contribution is 7.89. The summed E-state index contributed by atoms with van der Waals surface area (Å²) in [6.07, 6.45) is 1.62. The fourth-order valence-corrected chi connectivity index (χ4v) is 4.34. The van der Waals surface area contributed by atoms with Crippen molar-refractivity contribution in [2.24, 2.45) is 5.14 Å². The van der Waals surface area contributed by atoms with Gasteiger partial charge in [0.2, 0.25) is 10.0 Å². The van der Waals surface area contributed by atoms with E-state index in [-0.39, 0.29) is 4.90 Å². The average molecular weight is 405 g/mol. The summed E-state index contributed by atoms with van der Waals surface area (Å²) in [4.78, 5) is 0.0780. The van der Waals surface area contributed by atoms with Crippen LogP contribution >= 0.6 is 0 Å². The van der Waals surface area contributed by atoms with Crippen LogP contribution in [0.15, 0.2) is 71.6 Å². The van der Waals surface area contributed by atoms with Gasteiger partial charge in [-0.3, -0.25) is 0 Å². The van der Waals surface area contributed by atoms with Gasteiger partial charge >= 0.3 is 0 Å². The Morgan fingerprint density at radius 2 is 1.59 bits per heavy atom. The van der Waals surface area contributed by atoms with Gasteiger partial charge in [0.05, 0.1) is 11.5 Å². The number of nitrogens with two attached hydrogens (primary N) is 1. The molecule has 6 heteroatoms. The number of primary sulfonamides is 1. The number of fused-ring (bicyclic) bond motifs is 2. The molecular weight excluding hydrogens is 386 g/mol. The fourth-order valence-electron chi connectivity index (χ4n) is 3.83. The van der Waals surface area contributed by atoms with Crippen molar-refractivity contribution in [1.29, 1.82) is 0 Å². The average Bonchev–Trinajstić information content (AvgIpc) is 3.20. The first kappa shape index (κ1) is 18.0. The van der Waals surface area contributed by atoms with Crippen LogP contribution in [-0.4, -0.2) is 15.0 Å². The largest absolute Gasteiger partial charge is 0.493 e. The van der Waals surface area contributed by atoms with E-state index in [0.717, 1.165) is 52.4 Å². The molecule has 5 rings (SSSR count). The molecule has 0 unspecified atom stereocenters. The van der Waals surface area contributed by atoms with E-state index in [1.54, 1.807) is 12.1 Å². The van der Waals surface area contributed by atoms with E-state index in [0.29, 0.717) is 6.61 Å².